The molecule has 0 radical (unpaired) electrons. The quantitative estimate of drug-likeness (QED) is 0.0668. The fraction of sp³-hybridized carbons (Fsp3) is 0.531. The van der Waals surface area contributed by atoms with Gasteiger partial charge in [-0.1, -0.05) is 32.0 Å². The van der Waals surface area contributed by atoms with E-state index in [1.165, 1.54) is 0 Å². The smallest absolute Gasteiger partial charge is 0.326 e. The van der Waals surface area contributed by atoms with Crippen molar-refractivity contribution in [1.82, 2.24) is 26.3 Å². The van der Waals surface area contributed by atoms with Crippen molar-refractivity contribution in [3.05, 3.63) is 36.0 Å². The molecule has 49 heavy (non-hydrogen) atoms. The number of carboxylic acid groups (broad SMARTS) is 2. The van der Waals surface area contributed by atoms with E-state index in [2.05, 4.69) is 26.3 Å². The first-order chi connectivity index (χ1) is 23.1. The molecule has 0 spiro atoms. The molecule has 0 bridgehead atoms. The first kappa shape index (κ1) is 40.1. The number of aromatic nitrogens is 1. The normalized spacial score (nSPS) is 14.2. The number of carbonyl (C=O) groups is 7. The lowest BCUT2D eigenvalue weighted by Crippen LogP contribution is -2.59. The van der Waals surface area contributed by atoms with E-state index < -0.39 is 78.1 Å². The van der Waals surface area contributed by atoms with Gasteiger partial charge in [0.1, 0.15) is 24.2 Å². The van der Waals surface area contributed by atoms with E-state index in [0.717, 1.165) is 10.9 Å². The Bertz CT molecular complexity index is 1480. The van der Waals surface area contributed by atoms with Gasteiger partial charge in [0.2, 0.25) is 29.5 Å². The summed E-state index contributed by atoms with van der Waals surface area (Å²) in [6.45, 7) is 3.92. The van der Waals surface area contributed by atoms with Crippen LogP contribution in [0, 0.1) is 5.92 Å². The molecule has 0 saturated carbocycles. The number of benzene rings is 1. The topological polar surface area (TPSA) is 302 Å². The van der Waals surface area contributed by atoms with Crippen molar-refractivity contribution in [2.24, 2.45) is 23.1 Å². The molecule has 5 atom stereocenters. The molecular formula is C32H48N8O9. The zero-order valence-electron chi connectivity index (χ0n) is 27.7. The molecule has 1 aromatic heterocycles. The van der Waals surface area contributed by atoms with E-state index in [4.69, 9.17) is 22.3 Å². The van der Waals surface area contributed by atoms with E-state index in [1.807, 2.05) is 18.2 Å². The van der Waals surface area contributed by atoms with Gasteiger partial charge >= 0.3 is 11.9 Å². The first-order valence-corrected chi connectivity index (χ1v) is 16.1. The third-order valence-corrected chi connectivity index (χ3v) is 7.68. The van der Waals surface area contributed by atoms with Gasteiger partial charge in [0, 0.05) is 29.9 Å². The molecule has 0 fully saturated rings. The number of rotatable bonds is 22. The summed E-state index contributed by atoms with van der Waals surface area (Å²) in [4.78, 5) is 91.2. The number of fused-ring (bicyclic) bond motifs is 1. The lowest BCUT2D eigenvalue weighted by atomic mass is 10.00. The Balaban J connectivity index is 2.41. The highest BCUT2D eigenvalue weighted by molar-refractivity contribution is 5.96. The molecule has 2 rings (SSSR count). The minimum atomic E-state index is -1.43. The highest BCUT2D eigenvalue weighted by atomic mass is 16.4. The Morgan fingerprint density at radius 2 is 1.39 bits per heavy atom. The standard InChI is InChI=1S/C32H48N8O9/c1-17(2)13-24(39-28(44)20(34)15-27(42)43)30(46)40-25(14-18-16-36-21-8-4-3-7-19(18)21)31(47)37-22(10-11-26(35)41)29(45)38-23(32(48)49)9-5-6-12-33/h3-4,7-8,16-17,20,22-25,36H,5-6,9-15,33-34H2,1-2H3,(H2,35,41)(H,37,47)(H,38,45)(H,39,44)(H,40,46)(H,42,43)(H,48,49)/t20-,22+,23+,24+,25-/m1/s1. The maximum Gasteiger partial charge on any atom is 0.326 e. The molecule has 2 aromatic rings. The van der Waals surface area contributed by atoms with Crippen molar-refractivity contribution in [3.63, 3.8) is 0 Å². The van der Waals surface area contributed by atoms with E-state index in [1.54, 1.807) is 26.1 Å². The van der Waals surface area contributed by atoms with Crippen LogP contribution >= 0.6 is 0 Å². The third-order valence-electron chi connectivity index (χ3n) is 7.68. The molecule has 0 aliphatic carbocycles. The van der Waals surface area contributed by atoms with Crippen LogP contribution in [0.2, 0.25) is 0 Å². The number of hydrogen-bond donors (Lipinski definition) is 10. The van der Waals surface area contributed by atoms with Crippen LogP contribution < -0.4 is 38.5 Å². The number of amides is 5. The molecule has 0 aliphatic rings. The van der Waals surface area contributed by atoms with Crippen molar-refractivity contribution in [2.75, 3.05) is 6.54 Å². The van der Waals surface area contributed by atoms with Crippen LogP contribution in [0.3, 0.4) is 0 Å². The summed E-state index contributed by atoms with van der Waals surface area (Å²) in [5.41, 5.74) is 17.9. The fourth-order valence-corrected chi connectivity index (χ4v) is 5.11. The summed E-state index contributed by atoms with van der Waals surface area (Å²) < 4.78 is 0. The second kappa shape index (κ2) is 19.7. The number of H-pyrrole nitrogens is 1. The highest BCUT2D eigenvalue weighted by Crippen LogP contribution is 2.20. The SMILES string of the molecule is CC(C)C[C@H](NC(=O)[C@H](N)CC(=O)O)C(=O)N[C@H](Cc1c[nH]c2ccccc12)C(=O)N[C@@H](CCC(N)=O)C(=O)N[C@@H](CCCCN)C(=O)O. The summed E-state index contributed by atoms with van der Waals surface area (Å²) >= 11 is 0. The average Bonchev–Trinajstić information content (AvgIpc) is 3.43. The second-order valence-corrected chi connectivity index (χ2v) is 12.3. The zero-order valence-corrected chi connectivity index (χ0v) is 27.7. The predicted octanol–water partition coefficient (Wildman–Crippen LogP) is -1.02. The number of primary amides is 1. The number of unbranched alkanes of at least 4 members (excludes halogenated alkanes) is 1. The highest BCUT2D eigenvalue weighted by Gasteiger charge is 2.33. The lowest BCUT2D eigenvalue weighted by Gasteiger charge is -2.27. The van der Waals surface area contributed by atoms with Gasteiger partial charge in [-0.15, -0.1) is 0 Å². The van der Waals surface area contributed by atoms with Crippen LogP contribution in [-0.2, 0) is 40.0 Å². The van der Waals surface area contributed by atoms with Crippen LogP contribution in [0.15, 0.2) is 30.5 Å². The molecule has 5 amide bonds. The van der Waals surface area contributed by atoms with Crippen molar-refractivity contribution in [2.45, 2.75) is 95.4 Å². The number of nitrogens with two attached hydrogens (primary N) is 3. The molecule has 0 saturated heterocycles. The molecule has 17 nitrogen and oxygen atoms in total. The average molecular weight is 689 g/mol. The van der Waals surface area contributed by atoms with Crippen molar-refractivity contribution in [3.8, 4) is 0 Å². The van der Waals surface area contributed by atoms with E-state index in [0.29, 0.717) is 24.9 Å². The zero-order chi connectivity index (χ0) is 36.7. The predicted molar refractivity (Wildman–Crippen MR) is 178 cm³/mol. The molecular weight excluding hydrogens is 640 g/mol. The number of carbonyl (C=O) groups excluding carboxylic acids is 5. The lowest BCUT2D eigenvalue weighted by molar-refractivity contribution is -0.142. The largest absolute Gasteiger partial charge is 0.481 e. The molecule has 0 unspecified atom stereocenters. The summed E-state index contributed by atoms with van der Waals surface area (Å²) in [6.07, 6.45) is 1.47. The van der Waals surface area contributed by atoms with Crippen molar-refractivity contribution in [1.29, 1.82) is 0 Å². The van der Waals surface area contributed by atoms with Crippen LogP contribution in [0.1, 0.15) is 64.4 Å². The number of para-hydroxylation sites is 1. The number of carboxylic acids is 2. The van der Waals surface area contributed by atoms with Crippen LogP contribution in [-0.4, -0.2) is 93.4 Å². The molecule has 270 valence electrons. The number of nitrogens with one attached hydrogen (secondary N) is 5. The van der Waals surface area contributed by atoms with Crippen LogP contribution in [0.25, 0.3) is 10.9 Å². The minimum absolute atomic E-state index is 0.0765. The molecule has 1 heterocycles. The minimum Gasteiger partial charge on any atom is -0.481 e. The molecule has 13 N–H and O–H groups in total. The Hall–Kier alpha value is -5.03. The second-order valence-electron chi connectivity index (χ2n) is 12.3. The van der Waals surface area contributed by atoms with Gasteiger partial charge in [-0.3, -0.25) is 28.8 Å². The van der Waals surface area contributed by atoms with Gasteiger partial charge < -0.3 is 53.7 Å². The summed E-state index contributed by atoms with van der Waals surface area (Å²) in [5, 5.41) is 29.5. The Kier molecular flexibility index (Phi) is 16.1. The maximum absolute atomic E-state index is 13.9. The van der Waals surface area contributed by atoms with Crippen LogP contribution in [0.5, 0.6) is 0 Å². The van der Waals surface area contributed by atoms with E-state index in [9.17, 15) is 38.7 Å². The monoisotopic (exact) mass is 688 g/mol. The maximum atomic E-state index is 13.9. The van der Waals surface area contributed by atoms with Gasteiger partial charge in [0.15, 0.2) is 0 Å². The third kappa shape index (κ3) is 13.5. The Morgan fingerprint density at radius 3 is 2.00 bits per heavy atom. The van der Waals surface area contributed by atoms with Gasteiger partial charge in [-0.25, -0.2) is 4.79 Å². The summed E-state index contributed by atoms with van der Waals surface area (Å²) in [6, 6.07) is 0.560. The van der Waals surface area contributed by atoms with Gasteiger partial charge in [-0.2, -0.15) is 0 Å². The molecule has 0 aliphatic heterocycles. The van der Waals surface area contributed by atoms with Gasteiger partial charge in [0.05, 0.1) is 12.5 Å². The number of aliphatic carboxylic acids is 2. The Labute approximate surface area is 283 Å². The summed E-state index contributed by atoms with van der Waals surface area (Å²) in [5.74, 6) is -6.83. The summed E-state index contributed by atoms with van der Waals surface area (Å²) in [7, 11) is 0. The number of aromatic amines is 1. The fourth-order valence-electron chi connectivity index (χ4n) is 5.11. The van der Waals surface area contributed by atoms with Crippen molar-refractivity contribution < 1.29 is 43.8 Å². The molecule has 17 heteroatoms. The van der Waals surface area contributed by atoms with Crippen molar-refractivity contribution >= 4 is 52.4 Å². The van der Waals surface area contributed by atoms with Gasteiger partial charge in [0.25, 0.3) is 0 Å². The van der Waals surface area contributed by atoms with E-state index >= 15 is 0 Å². The van der Waals surface area contributed by atoms with E-state index in [-0.39, 0.29) is 38.0 Å². The first-order valence-electron chi connectivity index (χ1n) is 16.1. The van der Waals surface area contributed by atoms with Gasteiger partial charge in [-0.05, 0) is 56.2 Å². The number of hydrogen-bond acceptors (Lipinski definition) is 9. The van der Waals surface area contributed by atoms with Crippen LogP contribution in [0.4, 0.5) is 0 Å². The molecule has 1 aromatic carbocycles. The Morgan fingerprint density at radius 1 is 0.796 bits per heavy atom.